The van der Waals surface area contributed by atoms with Gasteiger partial charge in [0.1, 0.15) is 0 Å². The van der Waals surface area contributed by atoms with E-state index in [1.54, 1.807) is 0 Å². The Hall–Kier alpha value is -0.298. The topological polar surface area (TPSA) is 28.2 Å². The molecule has 0 N–H and O–H groups in total. The van der Waals surface area contributed by atoms with Crippen molar-refractivity contribution in [3.05, 3.63) is 95.2 Å². The van der Waals surface area contributed by atoms with Gasteiger partial charge in [-0.05, 0) is 0 Å². The van der Waals surface area contributed by atoms with E-state index in [-0.39, 0.29) is 33.0 Å². The SMILES string of the molecule is C1=C[N-]C(CC(CC2CCCC[N-]2)[c-]2cccc2)C=C1.[Cl][Pd][Cl].[Fe].c1cc[cH-]c1. The van der Waals surface area contributed by atoms with Crippen LogP contribution < -0.4 is 0 Å². The first-order valence-corrected chi connectivity index (χ1v) is 13.7. The molecule has 2 aliphatic rings. The van der Waals surface area contributed by atoms with Gasteiger partial charge in [-0.15, -0.1) is 18.6 Å². The molecule has 1 fully saturated rings. The normalized spacial score (nSPS) is 20.9. The van der Waals surface area contributed by atoms with Crippen LogP contribution in [0, 0.1) is 0 Å². The van der Waals surface area contributed by atoms with Gasteiger partial charge in [0.15, 0.2) is 0 Å². The monoisotopic (exact) mass is 564 g/mol. The molecule has 0 saturated carbocycles. The molecule has 4 rings (SSSR count). The Kier molecular flexibility index (Phi) is 16.0. The largest absolute Gasteiger partial charge is 0.214 e. The van der Waals surface area contributed by atoms with Crippen molar-refractivity contribution in [3.8, 4) is 0 Å². The van der Waals surface area contributed by atoms with Crippen LogP contribution in [0.2, 0.25) is 0 Å². The van der Waals surface area contributed by atoms with E-state index in [4.69, 9.17) is 24.4 Å². The fourth-order valence-corrected chi connectivity index (χ4v) is 3.61. The number of piperidine rings is 1. The van der Waals surface area contributed by atoms with E-state index in [0.717, 1.165) is 13.0 Å². The molecule has 0 bridgehead atoms. The number of rotatable bonds is 5. The minimum absolute atomic E-state index is 0. The van der Waals surface area contributed by atoms with E-state index < -0.39 is 0 Å². The van der Waals surface area contributed by atoms with E-state index in [1.165, 1.54) is 31.2 Å². The van der Waals surface area contributed by atoms with Gasteiger partial charge in [-0.3, -0.25) is 0 Å². The number of allylic oxidation sites excluding steroid dienone is 2. The van der Waals surface area contributed by atoms with Gasteiger partial charge in [0.05, 0.1) is 0 Å². The second kappa shape index (κ2) is 17.4. The molecule has 6 heteroatoms. The van der Waals surface area contributed by atoms with Crippen molar-refractivity contribution < 1.29 is 33.0 Å². The van der Waals surface area contributed by atoms with Crippen LogP contribution in [0.25, 0.3) is 10.6 Å². The maximum Gasteiger partial charge on any atom is 0 e. The van der Waals surface area contributed by atoms with Gasteiger partial charge >= 0.3 is 35.0 Å². The minimum atomic E-state index is -0.106. The summed E-state index contributed by atoms with van der Waals surface area (Å²) >= 11 is -0.106. The molecule has 166 valence electrons. The summed E-state index contributed by atoms with van der Waals surface area (Å²) in [5.74, 6) is 0.585. The van der Waals surface area contributed by atoms with Crippen LogP contribution in [0.15, 0.2) is 79.0 Å². The molecule has 0 spiro atoms. The number of nitrogens with zero attached hydrogens (tertiary/aromatic N) is 2. The van der Waals surface area contributed by atoms with Crippen molar-refractivity contribution in [2.75, 3.05) is 6.54 Å². The summed E-state index contributed by atoms with van der Waals surface area (Å²) < 4.78 is 0. The van der Waals surface area contributed by atoms with Crippen molar-refractivity contribution >= 4 is 19.1 Å². The summed E-state index contributed by atoms with van der Waals surface area (Å²) in [4.78, 5) is 0. The predicted molar refractivity (Wildman–Crippen MR) is 119 cm³/mol. The molecule has 0 amide bonds. The van der Waals surface area contributed by atoms with E-state index in [0.29, 0.717) is 18.0 Å². The third kappa shape index (κ3) is 11.6. The van der Waals surface area contributed by atoms with E-state index in [2.05, 4.69) is 41.7 Å². The number of hydrogen-bond acceptors (Lipinski definition) is 0. The molecule has 0 aromatic heterocycles. The van der Waals surface area contributed by atoms with Crippen LogP contribution in [0.3, 0.4) is 0 Å². The fraction of sp³-hybridized carbons (Fsp3) is 0.391. The second-order valence-corrected chi connectivity index (χ2v) is 9.25. The Labute approximate surface area is 202 Å². The van der Waals surface area contributed by atoms with Gasteiger partial charge < -0.3 is 10.6 Å². The van der Waals surface area contributed by atoms with Crippen LogP contribution in [-0.4, -0.2) is 18.6 Å². The Morgan fingerprint density at radius 1 is 1.03 bits per heavy atom. The van der Waals surface area contributed by atoms with Crippen LogP contribution >= 0.6 is 19.1 Å². The van der Waals surface area contributed by atoms with Gasteiger partial charge in [-0.1, -0.05) is 56.3 Å². The molecule has 3 unspecified atom stereocenters. The zero-order valence-corrected chi connectivity index (χ0v) is 20.5. The molecule has 1 saturated heterocycles. The molecule has 0 radical (unpaired) electrons. The Morgan fingerprint density at radius 2 is 1.76 bits per heavy atom. The average Bonchev–Trinajstić information content (AvgIpc) is 3.47. The third-order valence-corrected chi connectivity index (χ3v) is 4.94. The molecule has 2 aromatic carbocycles. The Morgan fingerprint density at radius 3 is 2.28 bits per heavy atom. The van der Waals surface area contributed by atoms with E-state index in [9.17, 15) is 0 Å². The molecular weight excluding hydrogens is 537 g/mol. The molecular formula is C23H28Cl2FeN2Pd-4. The number of halogens is 2. The van der Waals surface area contributed by atoms with Crippen molar-refractivity contribution in [2.45, 2.75) is 50.1 Å². The molecule has 2 nitrogen and oxygen atoms in total. The summed E-state index contributed by atoms with van der Waals surface area (Å²) in [5, 5.41) is 9.38. The van der Waals surface area contributed by atoms with Crippen molar-refractivity contribution in [2.24, 2.45) is 0 Å². The van der Waals surface area contributed by atoms with Gasteiger partial charge in [0.25, 0.3) is 0 Å². The molecule has 3 atom stereocenters. The average molecular weight is 566 g/mol. The van der Waals surface area contributed by atoms with Crippen molar-refractivity contribution in [3.63, 3.8) is 0 Å². The second-order valence-electron chi connectivity index (χ2n) is 6.89. The molecule has 2 aliphatic heterocycles. The van der Waals surface area contributed by atoms with Crippen molar-refractivity contribution in [1.82, 2.24) is 0 Å². The van der Waals surface area contributed by atoms with E-state index in [1.807, 2.05) is 42.6 Å². The maximum atomic E-state index is 4.81. The quantitative estimate of drug-likeness (QED) is 0.262. The zero-order chi connectivity index (χ0) is 19.9. The van der Waals surface area contributed by atoms with Crippen LogP contribution in [0.5, 0.6) is 0 Å². The standard InChI is InChI=1S/C18H23N2.C5H5.2ClH.Fe.Pd/c1-2-8-15(7-1)16(13-17-9-3-5-11-19-17)14-18-10-4-6-12-20-18;1-2-4-5-3-1;;;;/h1-3,5,7-9,11,16-18H,4,6,10,12-14H2;1-5H;2*1H;;/q-3;-1;;;;+2/p-2. The first-order valence-electron chi connectivity index (χ1n) is 9.74. The maximum absolute atomic E-state index is 4.81. The Balaban J connectivity index is 0.000000396. The van der Waals surface area contributed by atoms with Gasteiger partial charge in [0.2, 0.25) is 0 Å². The summed E-state index contributed by atoms with van der Waals surface area (Å²) in [5.41, 5.74) is 1.46. The zero-order valence-electron chi connectivity index (χ0n) is 16.3. The number of hydrogen-bond donors (Lipinski definition) is 0. The smallest absolute Gasteiger partial charge is 0 e. The molecule has 29 heavy (non-hydrogen) atoms. The fourth-order valence-electron chi connectivity index (χ4n) is 3.61. The van der Waals surface area contributed by atoms with Crippen molar-refractivity contribution in [1.29, 1.82) is 0 Å². The minimum Gasteiger partial charge on any atom is -0.214 e. The molecule has 2 heterocycles. The molecule has 2 aromatic rings. The Bertz CT molecular complexity index is 621. The van der Waals surface area contributed by atoms with Gasteiger partial charge in [-0.25, -0.2) is 24.3 Å². The first kappa shape index (κ1) is 26.7. The third-order valence-electron chi connectivity index (χ3n) is 4.94. The van der Waals surface area contributed by atoms with Crippen LogP contribution in [0.1, 0.15) is 43.6 Å². The summed E-state index contributed by atoms with van der Waals surface area (Å²) in [6, 6.07) is 19.7. The summed E-state index contributed by atoms with van der Waals surface area (Å²) in [6.45, 7) is 1.06. The summed E-state index contributed by atoms with van der Waals surface area (Å²) in [6.07, 6.45) is 14.5. The van der Waals surface area contributed by atoms with Crippen LogP contribution in [0.4, 0.5) is 0 Å². The van der Waals surface area contributed by atoms with Gasteiger partial charge in [0, 0.05) is 17.1 Å². The van der Waals surface area contributed by atoms with E-state index >= 15 is 0 Å². The predicted octanol–water partition coefficient (Wildman–Crippen LogP) is 7.80. The van der Waals surface area contributed by atoms with Crippen LogP contribution in [-0.2, 0) is 33.0 Å². The first-order chi connectivity index (χ1) is 13.8. The summed E-state index contributed by atoms with van der Waals surface area (Å²) in [7, 11) is 9.63. The van der Waals surface area contributed by atoms with Gasteiger partial charge in [-0.2, -0.15) is 42.1 Å². The molecule has 0 aliphatic carbocycles.